The summed E-state index contributed by atoms with van der Waals surface area (Å²) in [4.78, 5) is 72.7. The van der Waals surface area contributed by atoms with Crippen LogP contribution in [0.25, 0.3) is 0 Å². The van der Waals surface area contributed by atoms with E-state index in [1.54, 1.807) is 0 Å². The molecule has 17 nitrogen and oxygen atoms in total. The van der Waals surface area contributed by atoms with Gasteiger partial charge in [-0.15, -0.1) is 0 Å². The maximum atomic E-state index is 13.0. The van der Waals surface area contributed by atoms with E-state index in [1.807, 2.05) is 12.2 Å². The Labute approximate surface area is 581 Å². The van der Waals surface area contributed by atoms with Crippen LogP contribution in [0.1, 0.15) is 285 Å². The van der Waals surface area contributed by atoms with Crippen LogP contribution in [0.2, 0.25) is 0 Å². The predicted octanol–water partition coefficient (Wildman–Crippen LogP) is 20.8. The van der Waals surface area contributed by atoms with Gasteiger partial charge in [0, 0.05) is 25.7 Å². The summed E-state index contributed by atoms with van der Waals surface area (Å²) >= 11 is 0. The molecule has 0 aliphatic carbocycles. The topological polar surface area (TPSA) is 237 Å². The van der Waals surface area contributed by atoms with E-state index in [-0.39, 0.29) is 25.7 Å². The zero-order valence-electron chi connectivity index (χ0n) is 59.8. The third-order valence-electron chi connectivity index (χ3n) is 14.9. The molecule has 0 bridgehead atoms. The Balaban J connectivity index is 5.39. The Morgan fingerprint density at radius 2 is 0.583 bits per heavy atom. The lowest BCUT2D eigenvalue weighted by atomic mass is 10.1. The highest BCUT2D eigenvalue weighted by atomic mass is 31.2. The lowest BCUT2D eigenvalue weighted by molar-refractivity contribution is -0.161. The van der Waals surface area contributed by atoms with Crippen molar-refractivity contribution in [2.75, 3.05) is 39.6 Å². The molecule has 5 atom stereocenters. The lowest BCUT2D eigenvalue weighted by Crippen LogP contribution is -2.30. The van der Waals surface area contributed by atoms with E-state index >= 15 is 0 Å². The Morgan fingerprint density at radius 1 is 0.302 bits per heavy atom. The molecule has 550 valence electrons. The van der Waals surface area contributed by atoms with Crippen LogP contribution in [0.5, 0.6) is 0 Å². The summed E-state index contributed by atoms with van der Waals surface area (Å²) in [5.41, 5.74) is 0. The molecule has 19 heteroatoms. The first-order valence-corrected chi connectivity index (χ1v) is 39.8. The highest BCUT2D eigenvalue weighted by Crippen LogP contribution is 2.45. The molecule has 0 saturated heterocycles. The molecule has 0 spiro atoms. The van der Waals surface area contributed by atoms with Gasteiger partial charge in [0.25, 0.3) is 0 Å². The number of rotatable bonds is 68. The number of carbonyl (C=O) groups excluding carboxylic acids is 4. The standard InChI is InChI=1S/C77H130O17P2/c1-5-9-13-17-21-25-29-32-34-35-37-40-43-46-50-54-58-62-75(80)87-67-72(93-76(81)63-59-55-51-47-41-28-24-20-16-12-8-4)69-91-95(83,84)89-65-71(78)66-90-96(85,86)92-70-73(94-77(82)64-60-56-52-48-44-38-31-27-23-19-15-11-7-3)68-88-74(79)61-57-53-49-45-42-39-36-33-30-26-22-18-14-10-6-2/h9,13,15,19-22,24-27,31-34,36-37,40,46,50,71-73,78H,5-8,10-12,14,16-18,23,28-30,35,38-39,41-45,47-49,51-70H2,1-4H3,(H,83,84)(H,85,86)/b13-9-,19-15-,24-20-,25-21-,26-22-,31-27-,34-32-,36-33-,40-37-,50-46-. The summed E-state index contributed by atoms with van der Waals surface area (Å²) in [7, 11) is -9.97. The van der Waals surface area contributed by atoms with Crippen molar-refractivity contribution in [2.24, 2.45) is 0 Å². The second-order valence-electron chi connectivity index (χ2n) is 24.1. The summed E-state index contributed by atoms with van der Waals surface area (Å²) in [6.07, 6.45) is 73.5. The first kappa shape index (κ1) is 91.5. The number of esters is 4. The molecule has 0 saturated carbocycles. The molecule has 0 amide bonds. The molecule has 0 aromatic rings. The number of unbranched alkanes of at least 4 members (excludes halogenated alkanes) is 22. The van der Waals surface area contributed by atoms with Crippen molar-refractivity contribution in [3.05, 3.63) is 122 Å². The average molecular weight is 1390 g/mol. The minimum absolute atomic E-state index is 0.0694. The van der Waals surface area contributed by atoms with Crippen LogP contribution in [-0.2, 0) is 65.4 Å². The van der Waals surface area contributed by atoms with E-state index in [9.17, 15) is 43.2 Å². The Hall–Kier alpha value is -4.54. The van der Waals surface area contributed by atoms with Gasteiger partial charge in [-0.1, -0.05) is 239 Å². The summed E-state index contributed by atoms with van der Waals surface area (Å²) in [6, 6.07) is 0. The molecule has 3 N–H and O–H groups in total. The van der Waals surface area contributed by atoms with Gasteiger partial charge in [0.05, 0.1) is 26.4 Å². The van der Waals surface area contributed by atoms with E-state index in [0.29, 0.717) is 32.1 Å². The van der Waals surface area contributed by atoms with Gasteiger partial charge in [-0.2, -0.15) is 0 Å². The van der Waals surface area contributed by atoms with Crippen LogP contribution >= 0.6 is 15.6 Å². The number of hydrogen-bond donors (Lipinski definition) is 3. The quantitative estimate of drug-likeness (QED) is 0.0169. The van der Waals surface area contributed by atoms with E-state index in [1.165, 1.54) is 32.1 Å². The van der Waals surface area contributed by atoms with Crippen molar-refractivity contribution in [1.29, 1.82) is 0 Å². The molecular weight excluding hydrogens is 1260 g/mol. The van der Waals surface area contributed by atoms with Crippen LogP contribution in [0.3, 0.4) is 0 Å². The number of phosphoric ester groups is 2. The average Bonchev–Trinajstić information content (AvgIpc) is 1.13. The third kappa shape index (κ3) is 68.0. The van der Waals surface area contributed by atoms with E-state index in [2.05, 4.69) is 137 Å². The van der Waals surface area contributed by atoms with E-state index < -0.39 is 97.5 Å². The largest absolute Gasteiger partial charge is 0.472 e. The smallest absolute Gasteiger partial charge is 0.462 e. The van der Waals surface area contributed by atoms with Gasteiger partial charge in [0.15, 0.2) is 12.2 Å². The monoisotopic (exact) mass is 1390 g/mol. The molecule has 0 aliphatic rings. The van der Waals surface area contributed by atoms with Crippen LogP contribution in [0.15, 0.2) is 122 Å². The van der Waals surface area contributed by atoms with Gasteiger partial charge >= 0.3 is 39.5 Å². The molecule has 0 heterocycles. The summed E-state index contributed by atoms with van der Waals surface area (Å²) in [5, 5.41) is 10.6. The van der Waals surface area contributed by atoms with Crippen LogP contribution < -0.4 is 0 Å². The van der Waals surface area contributed by atoms with Crippen molar-refractivity contribution >= 4 is 39.5 Å². The Kier molecular flexibility index (Phi) is 65.7. The van der Waals surface area contributed by atoms with Crippen molar-refractivity contribution in [1.82, 2.24) is 0 Å². The summed E-state index contributed by atoms with van der Waals surface area (Å²) < 4.78 is 68.2. The number of phosphoric acid groups is 2. The number of carbonyl (C=O) groups is 4. The Morgan fingerprint density at radius 3 is 0.958 bits per heavy atom. The van der Waals surface area contributed by atoms with Crippen LogP contribution in [0, 0.1) is 0 Å². The van der Waals surface area contributed by atoms with Crippen molar-refractivity contribution in [3.8, 4) is 0 Å². The van der Waals surface area contributed by atoms with Gasteiger partial charge in [-0.25, -0.2) is 9.13 Å². The molecule has 0 radical (unpaired) electrons. The van der Waals surface area contributed by atoms with Gasteiger partial charge in [0.1, 0.15) is 19.3 Å². The third-order valence-corrected chi connectivity index (χ3v) is 16.8. The van der Waals surface area contributed by atoms with Gasteiger partial charge in [0.2, 0.25) is 0 Å². The molecule has 96 heavy (non-hydrogen) atoms. The first-order chi connectivity index (χ1) is 46.7. The molecule has 0 fully saturated rings. The first-order valence-electron chi connectivity index (χ1n) is 36.8. The normalized spacial score (nSPS) is 14.7. The molecule has 0 aliphatic heterocycles. The molecular formula is C77H130O17P2. The Bertz CT molecular complexity index is 2300. The number of ether oxygens (including phenoxy) is 4. The number of aliphatic hydroxyl groups excluding tert-OH is 1. The minimum Gasteiger partial charge on any atom is -0.462 e. The van der Waals surface area contributed by atoms with Gasteiger partial charge in [-0.05, 0) is 141 Å². The zero-order chi connectivity index (χ0) is 70.4. The molecule has 0 aromatic heterocycles. The second-order valence-corrected chi connectivity index (χ2v) is 27.0. The summed E-state index contributed by atoms with van der Waals surface area (Å²) in [5.74, 6) is -2.29. The van der Waals surface area contributed by atoms with Gasteiger partial charge < -0.3 is 33.8 Å². The molecule has 0 aromatic carbocycles. The zero-order valence-corrected chi connectivity index (χ0v) is 61.5. The highest BCUT2D eigenvalue weighted by Gasteiger charge is 2.30. The highest BCUT2D eigenvalue weighted by molar-refractivity contribution is 7.47. The molecule has 5 unspecified atom stereocenters. The number of aliphatic hydroxyl groups is 1. The van der Waals surface area contributed by atoms with Gasteiger partial charge in [-0.3, -0.25) is 37.3 Å². The maximum absolute atomic E-state index is 13.0. The van der Waals surface area contributed by atoms with Crippen molar-refractivity contribution < 1.29 is 80.2 Å². The van der Waals surface area contributed by atoms with E-state index in [0.717, 1.165) is 167 Å². The van der Waals surface area contributed by atoms with Crippen LogP contribution in [0.4, 0.5) is 0 Å². The fourth-order valence-electron chi connectivity index (χ4n) is 9.24. The minimum atomic E-state index is -4.99. The fraction of sp³-hybridized carbons (Fsp3) is 0.688. The molecule has 0 rings (SSSR count). The van der Waals surface area contributed by atoms with Crippen LogP contribution in [-0.4, -0.2) is 96.7 Å². The fourth-order valence-corrected chi connectivity index (χ4v) is 10.8. The predicted molar refractivity (Wildman–Crippen MR) is 390 cm³/mol. The van der Waals surface area contributed by atoms with E-state index in [4.69, 9.17) is 37.0 Å². The second kappa shape index (κ2) is 69.0. The maximum Gasteiger partial charge on any atom is 0.472 e. The summed E-state index contributed by atoms with van der Waals surface area (Å²) in [6.45, 7) is 4.50. The van der Waals surface area contributed by atoms with Crippen molar-refractivity contribution in [3.63, 3.8) is 0 Å². The number of hydrogen-bond acceptors (Lipinski definition) is 15. The number of allylic oxidation sites excluding steroid dienone is 20. The van der Waals surface area contributed by atoms with Crippen molar-refractivity contribution in [2.45, 2.75) is 303 Å². The SMILES string of the molecule is CC/C=C\C/C=C\C/C=C\C/C=C\C/C=C\CCCC(=O)OCC(COP(=O)(O)OCC(O)COP(=O)(O)OCC(COC(=O)CCCCCCC/C=C\C/C=C\CCCCC)OC(=O)CCCCCCC/C=C\C/C=C\CCC)OC(=O)CCCCCCC/C=C\CCCC. The lowest BCUT2D eigenvalue weighted by Gasteiger charge is -2.21.